The average Bonchev–Trinajstić information content (AvgIpc) is 2.78. The molecule has 0 saturated carbocycles. The fourth-order valence-electron chi connectivity index (χ4n) is 2.45. The van der Waals surface area contributed by atoms with Gasteiger partial charge in [-0.25, -0.2) is 0 Å². The fourth-order valence-corrected chi connectivity index (χ4v) is 2.45. The van der Waals surface area contributed by atoms with Gasteiger partial charge in [0.2, 0.25) is 0 Å². The molecule has 0 radical (unpaired) electrons. The first kappa shape index (κ1) is 14.7. The van der Waals surface area contributed by atoms with Crippen molar-refractivity contribution in [2.24, 2.45) is 0 Å². The number of nitrogens with one attached hydrogen (secondary N) is 1. The van der Waals surface area contributed by atoms with E-state index in [1.54, 1.807) is 7.11 Å². The van der Waals surface area contributed by atoms with E-state index >= 15 is 0 Å². The number of methoxy groups -OCH3 is 1. The van der Waals surface area contributed by atoms with Crippen LogP contribution in [0.4, 0.5) is 0 Å². The lowest BCUT2D eigenvalue weighted by Gasteiger charge is -2.13. The second kappa shape index (κ2) is 6.62. The molecule has 0 bridgehead atoms. The van der Waals surface area contributed by atoms with E-state index in [4.69, 9.17) is 9.15 Å². The zero-order valence-corrected chi connectivity index (χ0v) is 12.7. The van der Waals surface area contributed by atoms with Crippen LogP contribution in [0.15, 0.2) is 34.7 Å². The van der Waals surface area contributed by atoms with Crippen molar-refractivity contribution in [2.45, 2.75) is 33.2 Å². The molecular weight excluding hydrogens is 250 g/mol. The van der Waals surface area contributed by atoms with Crippen molar-refractivity contribution in [1.29, 1.82) is 0 Å². The third-order valence-electron chi connectivity index (χ3n) is 3.54. The topological polar surface area (TPSA) is 34.4 Å². The zero-order chi connectivity index (χ0) is 14.5. The van der Waals surface area contributed by atoms with Gasteiger partial charge in [0.25, 0.3) is 0 Å². The molecular formula is C17H23NO2. The van der Waals surface area contributed by atoms with Crippen molar-refractivity contribution in [3.8, 4) is 5.75 Å². The van der Waals surface area contributed by atoms with Crippen molar-refractivity contribution >= 4 is 0 Å². The first-order chi connectivity index (χ1) is 9.60. The van der Waals surface area contributed by atoms with Gasteiger partial charge in [-0.2, -0.15) is 0 Å². The monoisotopic (exact) mass is 273 g/mol. The van der Waals surface area contributed by atoms with E-state index in [1.807, 2.05) is 26.0 Å². The Morgan fingerprint density at radius 1 is 1.25 bits per heavy atom. The lowest BCUT2D eigenvalue weighted by atomic mass is 10.1. The summed E-state index contributed by atoms with van der Waals surface area (Å²) in [5.41, 5.74) is 2.53. The lowest BCUT2D eigenvalue weighted by Crippen LogP contribution is -2.21. The molecule has 1 aromatic carbocycles. The Bertz CT molecular complexity index is 560. The molecule has 1 heterocycles. The first-order valence-corrected chi connectivity index (χ1v) is 7.03. The molecule has 0 aliphatic heterocycles. The molecule has 1 unspecified atom stereocenters. The third kappa shape index (κ3) is 3.64. The second-order valence-corrected chi connectivity index (χ2v) is 5.15. The van der Waals surface area contributed by atoms with Crippen LogP contribution in [-0.2, 0) is 6.42 Å². The van der Waals surface area contributed by atoms with Crippen molar-refractivity contribution in [1.82, 2.24) is 5.32 Å². The van der Waals surface area contributed by atoms with E-state index in [2.05, 4.69) is 30.4 Å². The Kier molecular flexibility index (Phi) is 4.85. The summed E-state index contributed by atoms with van der Waals surface area (Å²) >= 11 is 0. The molecule has 0 spiro atoms. The predicted molar refractivity (Wildman–Crippen MR) is 81.3 cm³/mol. The Morgan fingerprint density at radius 3 is 2.70 bits per heavy atom. The zero-order valence-electron chi connectivity index (χ0n) is 12.7. The SMILES string of the molecule is COc1cccc(CCNC(C)c2cc(C)oc2C)c1. The minimum absolute atomic E-state index is 0.304. The van der Waals surface area contributed by atoms with E-state index in [0.29, 0.717) is 6.04 Å². The number of rotatable bonds is 6. The van der Waals surface area contributed by atoms with E-state index in [-0.39, 0.29) is 0 Å². The summed E-state index contributed by atoms with van der Waals surface area (Å²) in [5.74, 6) is 2.89. The quantitative estimate of drug-likeness (QED) is 0.869. The smallest absolute Gasteiger partial charge is 0.119 e. The van der Waals surface area contributed by atoms with Crippen molar-refractivity contribution in [3.05, 3.63) is 53.0 Å². The maximum absolute atomic E-state index is 5.57. The van der Waals surface area contributed by atoms with Crippen LogP contribution in [0.25, 0.3) is 0 Å². The van der Waals surface area contributed by atoms with Crippen molar-refractivity contribution in [2.75, 3.05) is 13.7 Å². The lowest BCUT2D eigenvalue weighted by molar-refractivity contribution is 0.414. The highest BCUT2D eigenvalue weighted by Gasteiger charge is 2.11. The number of hydrogen-bond acceptors (Lipinski definition) is 3. The van der Waals surface area contributed by atoms with Crippen LogP contribution in [0.5, 0.6) is 5.75 Å². The second-order valence-electron chi connectivity index (χ2n) is 5.15. The maximum Gasteiger partial charge on any atom is 0.119 e. The summed E-state index contributed by atoms with van der Waals surface area (Å²) in [7, 11) is 1.70. The Morgan fingerprint density at radius 2 is 2.05 bits per heavy atom. The van der Waals surface area contributed by atoms with Crippen LogP contribution in [-0.4, -0.2) is 13.7 Å². The largest absolute Gasteiger partial charge is 0.497 e. The predicted octanol–water partition coefficient (Wildman–Crippen LogP) is 3.80. The highest BCUT2D eigenvalue weighted by molar-refractivity contribution is 5.28. The van der Waals surface area contributed by atoms with E-state index in [9.17, 15) is 0 Å². The van der Waals surface area contributed by atoms with Gasteiger partial charge in [0.05, 0.1) is 7.11 Å². The van der Waals surface area contributed by atoms with Gasteiger partial charge in [0.15, 0.2) is 0 Å². The molecule has 1 aromatic heterocycles. The molecule has 0 amide bonds. The molecule has 0 aliphatic carbocycles. The summed E-state index contributed by atoms with van der Waals surface area (Å²) in [5, 5.41) is 3.54. The van der Waals surface area contributed by atoms with Gasteiger partial charge < -0.3 is 14.5 Å². The maximum atomic E-state index is 5.57. The van der Waals surface area contributed by atoms with Crippen LogP contribution in [0.3, 0.4) is 0 Å². The minimum Gasteiger partial charge on any atom is -0.497 e. The Hall–Kier alpha value is -1.74. The standard InChI is InChI=1S/C17H23NO2/c1-12-10-17(14(3)20-12)13(2)18-9-8-15-6-5-7-16(11-15)19-4/h5-7,10-11,13,18H,8-9H2,1-4H3. The molecule has 0 aliphatic rings. The summed E-state index contributed by atoms with van der Waals surface area (Å²) in [6.45, 7) is 7.10. The van der Waals surface area contributed by atoms with Gasteiger partial charge in [-0.1, -0.05) is 12.1 Å². The van der Waals surface area contributed by atoms with Gasteiger partial charge in [-0.3, -0.25) is 0 Å². The summed E-state index contributed by atoms with van der Waals surface area (Å²) in [6, 6.07) is 10.6. The number of ether oxygens (including phenoxy) is 1. The molecule has 3 heteroatoms. The van der Waals surface area contributed by atoms with Crippen molar-refractivity contribution in [3.63, 3.8) is 0 Å². The fraction of sp³-hybridized carbons (Fsp3) is 0.412. The van der Waals surface area contributed by atoms with E-state index in [0.717, 1.165) is 30.2 Å². The highest BCUT2D eigenvalue weighted by Crippen LogP contribution is 2.21. The minimum atomic E-state index is 0.304. The Balaban J connectivity index is 1.87. The molecule has 2 rings (SSSR count). The third-order valence-corrected chi connectivity index (χ3v) is 3.54. The summed E-state index contributed by atoms with van der Waals surface area (Å²) < 4.78 is 10.8. The highest BCUT2D eigenvalue weighted by atomic mass is 16.5. The van der Waals surface area contributed by atoms with E-state index in [1.165, 1.54) is 11.1 Å². The average molecular weight is 273 g/mol. The molecule has 0 saturated heterocycles. The Labute approximate surface area is 121 Å². The van der Waals surface area contributed by atoms with Crippen LogP contribution in [0, 0.1) is 13.8 Å². The number of furan rings is 1. The summed E-state index contributed by atoms with van der Waals surface area (Å²) in [4.78, 5) is 0. The molecule has 20 heavy (non-hydrogen) atoms. The van der Waals surface area contributed by atoms with Gasteiger partial charge in [-0.05, 0) is 57.5 Å². The molecule has 108 valence electrons. The number of benzene rings is 1. The van der Waals surface area contributed by atoms with Gasteiger partial charge >= 0.3 is 0 Å². The molecule has 1 N–H and O–H groups in total. The van der Waals surface area contributed by atoms with Crippen LogP contribution in [0.2, 0.25) is 0 Å². The number of hydrogen-bond donors (Lipinski definition) is 1. The normalized spacial score (nSPS) is 12.4. The van der Waals surface area contributed by atoms with Crippen LogP contribution >= 0.6 is 0 Å². The van der Waals surface area contributed by atoms with E-state index < -0.39 is 0 Å². The van der Waals surface area contributed by atoms with Crippen LogP contribution < -0.4 is 10.1 Å². The summed E-state index contributed by atoms with van der Waals surface area (Å²) in [6.07, 6.45) is 0.984. The van der Waals surface area contributed by atoms with Crippen molar-refractivity contribution < 1.29 is 9.15 Å². The first-order valence-electron chi connectivity index (χ1n) is 7.03. The molecule has 3 nitrogen and oxygen atoms in total. The van der Waals surface area contributed by atoms with Gasteiger partial charge in [0.1, 0.15) is 17.3 Å². The molecule has 0 fully saturated rings. The number of aryl methyl sites for hydroxylation is 2. The van der Waals surface area contributed by atoms with Crippen LogP contribution in [0.1, 0.15) is 35.6 Å². The van der Waals surface area contributed by atoms with Gasteiger partial charge in [-0.15, -0.1) is 0 Å². The molecule has 1 atom stereocenters. The van der Waals surface area contributed by atoms with Gasteiger partial charge in [0, 0.05) is 11.6 Å². The molecule has 2 aromatic rings.